The molecule has 0 radical (unpaired) electrons. The Hall–Kier alpha value is -0.810. The van der Waals surface area contributed by atoms with Gasteiger partial charge in [0.2, 0.25) is 0 Å². The van der Waals surface area contributed by atoms with Gasteiger partial charge in [0.05, 0.1) is 6.20 Å². The highest BCUT2D eigenvalue weighted by Crippen LogP contribution is 2.18. The molecular formula is C11H12BrN3S. The van der Waals surface area contributed by atoms with Crippen LogP contribution in [0.15, 0.2) is 35.3 Å². The maximum absolute atomic E-state index is 4.14. The molecule has 2 aromatic heterocycles. The summed E-state index contributed by atoms with van der Waals surface area (Å²) in [6, 6.07) is 2.10. The average Bonchev–Trinajstić information content (AvgIpc) is 2.64. The van der Waals surface area contributed by atoms with Gasteiger partial charge in [-0.15, -0.1) is 0 Å². The van der Waals surface area contributed by atoms with E-state index in [9.17, 15) is 0 Å². The number of thioether (sulfide) groups is 1. The monoisotopic (exact) mass is 297 g/mol. The molecule has 2 heterocycles. The van der Waals surface area contributed by atoms with Gasteiger partial charge < -0.3 is 0 Å². The SMILES string of the molecule is Cn1cc(CSCc2cncc(Br)c2)cn1. The molecule has 0 N–H and O–H groups in total. The highest BCUT2D eigenvalue weighted by molar-refractivity contribution is 9.10. The minimum Gasteiger partial charge on any atom is -0.276 e. The lowest BCUT2D eigenvalue weighted by Crippen LogP contribution is -1.85. The van der Waals surface area contributed by atoms with E-state index in [1.165, 1.54) is 11.1 Å². The van der Waals surface area contributed by atoms with Crippen LogP contribution in [0, 0.1) is 0 Å². The molecular weight excluding hydrogens is 286 g/mol. The summed E-state index contributed by atoms with van der Waals surface area (Å²) < 4.78 is 2.86. The van der Waals surface area contributed by atoms with Crippen LogP contribution in [0.2, 0.25) is 0 Å². The van der Waals surface area contributed by atoms with Gasteiger partial charge in [-0.2, -0.15) is 16.9 Å². The number of rotatable bonds is 4. The van der Waals surface area contributed by atoms with Crippen LogP contribution in [-0.2, 0) is 18.6 Å². The number of aromatic nitrogens is 3. The third-order valence-electron chi connectivity index (χ3n) is 2.06. The highest BCUT2D eigenvalue weighted by Gasteiger charge is 1.98. The zero-order valence-corrected chi connectivity index (χ0v) is 11.3. The fraction of sp³-hybridized carbons (Fsp3) is 0.273. The zero-order valence-electron chi connectivity index (χ0n) is 8.93. The van der Waals surface area contributed by atoms with Gasteiger partial charge in [-0.25, -0.2) is 0 Å². The van der Waals surface area contributed by atoms with Crippen molar-refractivity contribution >= 4 is 27.7 Å². The Morgan fingerprint density at radius 1 is 1.25 bits per heavy atom. The summed E-state index contributed by atoms with van der Waals surface area (Å²) in [6.45, 7) is 0. The predicted octanol–water partition coefficient (Wildman–Crippen LogP) is 3.01. The van der Waals surface area contributed by atoms with E-state index < -0.39 is 0 Å². The summed E-state index contributed by atoms with van der Waals surface area (Å²) in [4.78, 5) is 4.14. The Morgan fingerprint density at radius 3 is 2.75 bits per heavy atom. The first-order chi connectivity index (χ1) is 7.74. The molecule has 0 fully saturated rings. The van der Waals surface area contributed by atoms with Crippen molar-refractivity contribution in [2.24, 2.45) is 7.05 Å². The van der Waals surface area contributed by atoms with Crippen LogP contribution in [0.4, 0.5) is 0 Å². The summed E-state index contributed by atoms with van der Waals surface area (Å²) in [5.74, 6) is 1.96. The van der Waals surface area contributed by atoms with E-state index in [1.54, 1.807) is 6.20 Å². The smallest absolute Gasteiger partial charge is 0.0530 e. The van der Waals surface area contributed by atoms with Crippen LogP contribution in [0.5, 0.6) is 0 Å². The third-order valence-corrected chi connectivity index (χ3v) is 3.57. The van der Waals surface area contributed by atoms with Crippen LogP contribution >= 0.6 is 27.7 Å². The van der Waals surface area contributed by atoms with Crippen molar-refractivity contribution in [3.8, 4) is 0 Å². The molecule has 0 saturated carbocycles. The second kappa shape index (κ2) is 5.50. The minimum absolute atomic E-state index is 0.974. The van der Waals surface area contributed by atoms with E-state index >= 15 is 0 Å². The summed E-state index contributed by atoms with van der Waals surface area (Å²) in [5.41, 5.74) is 2.50. The first kappa shape index (κ1) is 11.7. The molecule has 0 bridgehead atoms. The molecule has 3 nitrogen and oxygen atoms in total. The molecule has 16 heavy (non-hydrogen) atoms. The average molecular weight is 298 g/mol. The normalized spacial score (nSPS) is 10.6. The number of aryl methyl sites for hydroxylation is 1. The van der Waals surface area contributed by atoms with Crippen molar-refractivity contribution in [1.82, 2.24) is 14.8 Å². The van der Waals surface area contributed by atoms with E-state index in [0.717, 1.165) is 16.0 Å². The lowest BCUT2D eigenvalue weighted by Gasteiger charge is -2.00. The Balaban J connectivity index is 1.84. The predicted molar refractivity (Wildman–Crippen MR) is 70.1 cm³/mol. The standard InChI is InChI=1S/C11H12BrN3S/c1-15-6-10(4-14-15)8-16-7-9-2-11(12)5-13-3-9/h2-6H,7-8H2,1H3. The molecule has 0 amide bonds. The van der Waals surface area contributed by atoms with Crippen molar-refractivity contribution in [2.75, 3.05) is 0 Å². The maximum atomic E-state index is 4.14. The van der Waals surface area contributed by atoms with Crippen LogP contribution in [0.3, 0.4) is 0 Å². The molecule has 0 aliphatic rings. The molecule has 0 aromatic carbocycles. The van der Waals surface area contributed by atoms with E-state index in [-0.39, 0.29) is 0 Å². The molecule has 2 rings (SSSR count). The maximum Gasteiger partial charge on any atom is 0.0530 e. The molecule has 0 aliphatic carbocycles. The fourth-order valence-corrected chi connectivity index (χ4v) is 2.66. The Labute approximate surface area is 107 Å². The zero-order chi connectivity index (χ0) is 11.4. The lowest BCUT2D eigenvalue weighted by molar-refractivity contribution is 0.767. The third kappa shape index (κ3) is 3.35. The second-order valence-electron chi connectivity index (χ2n) is 3.53. The summed E-state index contributed by atoms with van der Waals surface area (Å²) in [5, 5.41) is 4.14. The summed E-state index contributed by atoms with van der Waals surface area (Å²) >= 11 is 5.28. The van der Waals surface area contributed by atoms with Crippen LogP contribution in [0.1, 0.15) is 11.1 Å². The van der Waals surface area contributed by atoms with Crippen molar-refractivity contribution in [3.05, 3.63) is 46.5 Å². The van der Waals surface area contributed by atoms with Crippen molar-refractivity contribution in [3.63, 3.8) is 0 Å². The number of pyridine rings is 1. The van der Waals surface area contributed by atoms with E-state index in [1.807, 2.05) is 42.1 Å². The van der Waals surface area contributed by atoms with Gasteiger partial charge in [0, 0.05) is 41.6 Å². The molecule has 84 valence electrons. The van der Waals surface area contributed by atoms with Crippen LogP contribution in [0.25, 0.3) is 0 Å². The van der Waals surface area contributed by atoms with E-state index in [0.29, 0.717) is 0 Å². The summed E-state index contributed by atoms with van der Waals surface area (Å²) in [7, 11) is 1.94. The first-order valence-electron chi connectivity index (χ1n) is 4.89. The minimum atomic E-state index is 0.974. The number of halogens is 1. The van der Waals surface area contributed by atoms with Gasteiger partial charge in [0.15, 0.2) is 0 Å². The van der Waals surface area contributed by atoms with Gasteiger partial charge in [-0.05, 0) is 33.1 Å². The number of hydrogen-bond donors (Lipinski definition) is 0. The molecule has 5 heteroatoms. The Morgan fingerprint density at radius 2 is 2.06 bits per heavy atom. The van der Waals surface area contributed by atoms with Crippen molar-refractivity contribution < 1.29 is 0 Å². The molecule has 0 unspecified atom stereocenters. The topological polar surface area (TPSA) is 30.7 Å². The van der Waals surface area contributed by atoms with Crippen molar-refractivity contribution in [2.45, 2.75) is 11.5 Å². The largest absolute Gasteiger partial charge is 0.276 e. The highest BCUT2D eigenvalue weighted by atomic mass is 79.9. The quantitative estimate of drug-likeness (QED) is 0.869. The van der Waals surface area contributed by atoms with Crippen LogP contribution < -0.4 is 0 Å². The number of nitrogens with zero attached hydrogens (tertiary/aromatic N) is 3. The fourth-order valence-electron chi connectivity index (χ4n) is 1.37. The van der Waals surface area contributed by atoms with Gasteiger partial charge in [-0.3, -0.25) is 9.67 Å². The van der Waals surface area contributed by atoms with Crippen LogP contribution in [-0.4, -0.2) is 14.8 Å². The van der Waals surface area contributed by atoms with E-state index in [4.69, 9.17) is 0 Å². The van der Waals surface area contributed by atoms with Crippen molar-refractivity contribution in [1.29, 1.82) is 0 Å². The van der Waals surface area contributed by atoms with E-state index in [2.05, 4.69) is 32.1 Å². The lowest BCUT2D eigenvalue weighted by atomic mass is 10.3. The molecule has 0 spiro atoms. The molecule has 0 saturated heterocycles. The Bertz CT molecular complexity index is 470. The van der Waals surface area contributed by atoms with Gasteiger partial charge in [0.1, 0.15) is 0 Å². The second-order valence-corrected chi connectivity index (χ2v) is 5.43. The number of hydrogen-bond acceptors (Lipinski definition) is 3. The van der Waals surface area contributed by atoms with Gasteiger partial charge in [-0.1, -0.05) is 0 Å². The molecule has 0 aliphatic heterocycles. The first-order valence-corrected chi connectivity index (χ1v) is 6.83. The molecule has 0 atom stereocenters. The summed E-state index contributed by atoms with van der Waals surface area (Å²) in [6.07, 6.45) is 7.66. The Kier molecular flexibility index (Phi) is 4.01. The van der Waals surface area contributed by atoms with Gasteiger partial charge in [0.25, 0.3) is 0 Å². The van der Waals surface area contributed by atoms with Gasteiger partial charge >= 0.3 is 0 Å². The molecule has 2 aromatic rings.